The molecule has 0 aromatic heterocycles. The van der Waals surface area contributed by atoms with Gasteiger partial charge in [0.1, 0.15) is 11.6 Å². The Kier molecular flexibility index (Phi) is 4.10. The maximum atomic E-state index is 13.7. The number of fused-ring (bicyclic) bond motifs is 4. The van der Waals surface area contributed by atoms with Gasteiger partial charge in [-0.1, -0.05) is 36.4 Å². The molecule has 3 aromatic carbocycles. The molecule has 3 aromatic rings. The van der Waals surface area contributed by atoms with Gasteiger partial charge in [-0.25, -0.2) is 9.18 Å². The van der Waals surface area contributed by atoms with Crippen molar-refractivity contribution in [3.8, 4) is 5.75 Å². The largest absolute Gasteiger partial charge is 0.467 e. The second-order valence-corrected chi connectivity index (χ2v) is 7.67. The zero-order valence-corrected chi connectivity index (χ0v) is 16.3. The van der Waals surface area contributed by atoms with Crippen LogP contribution in [0.25, 0.3) is 0 Å². The molecule has 150 valence electrons. The highest BCUT2D eigenvalue weighted by Gasteiger charge is 2.55. The van der Waals surface area contributed by atoms with Crippen LogP contribution >= 0.6 is 0 Å². The monoisotopic (exact) mass is 402 g/mol. The van der Waals surface area contributed by atoms with Crippen molar-refractivity contribution in [2.75, 3.05) is 4.90 Å². The number of benzene rings is 3. The normalized spacial score (nSPS) is 22.3. The highest BCUT2D eigenvalue weighted by Crippen LogP contribution is 2.49. The van der Waals surface area contributed by atoms with Crippen molar-refractivity contribution in [2.45, 2.75) is 25.1 Å². The first-order valence-electron chi connectivity index (χ1n) is 9.74. The molecule has 2 heterocycles. The molecule has 0 saturated carbocycles. The van der Waals surface area contributed by atoms with E-state index in [-0.39, 0.29) is 5.56 Å². The Morgan fingerprint density at radius 2 is 1.67 bits per heavy atom. The second kappa shape index (κ2) is 6.69. The number of rotatable bonds is 2. The summed E-state index contributed by atoms with van der Waals surface area (Å²) in [5.74, 6) is -0.266. The van der Waals surface area contributed by atoms with Crippen LogP contribution in [0.3, 0.4) is 0 Å². The Morgan fingerprint density at radius 3 is 2.40 bits per heavy atom. The number of amides is 3. The number of nitrogens with zero attached hydrogens (tertiary/aromatic N) is 2. The molecule has 30 heavy (non-hydrogen) atoms. The topological polar surface area (TPSA) is 49.9 Å². The van der Waals surface area contributed by atoms with Crippen LogP contribution in [0.1, 0.15) is 35.3 Å². The van der Waals surface area contributed by atoms with E-state index in [0.29, 0.717) is 17.9 Å². The van der Waals surface area contributed by atoms with E-state index in [1.165, 1.54) is 34.1 Å². The van der Waals surface area contributed by atoms with Gasteiger partial charge in [-0.2, -0.15) is 0 Å². The number of hydrogen-bond acceptors (Lipinski definition) is 3. The van der Waals surface area contributed by atoms with E-state index in [1.54, 1.807) is 0 Å². The highest BCUT2D eigenvalue weighted by atomic mass is 19.1. The Morgan fingerprint density at radius 1 is 1.00 bits per heavy atom. The lowest BCUT2D eigenvalue weighted by Gasteiger charge is -2.53. The van der Waals surface area contributed by atoms with E-state index in [4.69, 9.17) is 4.74 Å². The van der Waals surface area contributed by atoms with Gasteiger partial charge in [0, 0.05) is 23.2 Å². The fraction of sp³-hybridized carbons (Fsp3) is 0.167. The number of halogens is 1. The summed E-state index contributed by atoms with van der Waals surface area (Å²) in [6, 6.07) is 20.9. The van der Waals surface area contributed by atoms with Gasteiger partial charge in [-0.15, -0.1) is 0 Å². The molecule has 1 fully saturated rings. The van der Waals surface area contributed by atoms with Crippen molar-refractivity contribution in [1.82, 2.24) is 4.90 Å². The lowest BCUT2D eigenvalue weighted by Crippen LogP contribution is -2.67. The quantitative estimate of drug-likeness (QED) is 0.596. The summed E-state index contributed by atoms with van der Waals surface area (Å²) < 4.78 is 19.7. The highest BCUT2D eigenvalue weighted by molar-refractivity contribution is 6.10. The fourth-order valence-corrected chi connectivity index (χ4v) is 4.33. The molecule has 1 saturated heterocycles. The van der Waals surface area contributed by atoms with Gasteiger partial charge >= 0.3 is 6.03 Å². The minimum atomic E-state index is -0.947. The number of hydrogen-bond donors (Lipinski definition) is 0. The average molecular weight is 402 g/mol. The molecule has 2 aliphatic rings. The van der Waals surface area contributed by atoms with Gasteiger partial charge in [0.05, 0.1) is 6.04 Å². The van der Waals surface area contributed by atoms with E-state index in [2.05, 4.69) is 0 Å². The second-order valence-electron chi connectivity index (χ2n) is 7.67. The Hall–Kier alpha value is -3.67. The Bertz CT molecular complexity index is 1130. The molecule has 0 unspecified atom stereocenters. The molecule has 5 nitrogen and oxygen atoms in total. The molecule has 0 radical (unpaired) electrons. The minimum absolute atomic E-state index is 0.255. The van der Waals surface area contributed by atoms with E-state index in [0.717, 1.165) is 5.56 Å². The summed E-state index contributed by atoms with van der Waals surface area (Å²) in [7, 11) is 0. The maximum Gasteiger partial charge on any atom is 0.335 e. The zero-order valence-electron chi connectivity index (χ0n) is 16.3. The third kappa shape index (κ3) is 2.76. The van der Waals surface area contributed by atoms with Crippen LogP contribution in [0.2, 0.25) is 0 Å². The molecular weight excluding hydrogens is 383 g/mol. The molecule has 2 aliphatic heterocycles. The van der Waals surface area contributed by atoms with Crippen LogP contribution in [-0.2, 0) is 0 Å². The molecule has 2 atom stereocenters. The standard InChI is InChI=1S/C24H19FN2O3/c1-24-15-20(19-9-5-6-10-21(19)30-24)26(22(28)16-11-13-17(25)14-12-16)23(29)27(24)18-7-3-2-4-8-18/h2-14,20H,15H2,1H3/t20-,24-/m0/s1. The molecule has 3 amide bonds. The third-order valence-corrected chi connectivity index (χ3v) is 5.69. The summed E-state index contributed by atoms with van der Waals surface area (Å²) in [6.45, 7) is 1.86. The van der Waals surface area contributed by atoms with Crippen LogP contribution in [0.4, 0.5) is 14.9 Å². The molecule has 2 bridgehead atoms. The Labute approximate surface area is 173 Å². The van der Waals surface area contributed by atoms with E-state index < -0.39 is 29.5 Å². The summed E-state index contributed by atoms with van der Waals surface area (Å²) in [5.41, 5.74) is 0.730. The number of anilines is 1. The first-order chi connectivity index (χ1) is 14.5. The molecule has 0 aliphatic carbocycles. The maximum absolute atomic E-state index is 13.7. The van der Waals surface area contributed by atoms with Gasteiger partial charge < -0.3 is 4.74 Å². The number of ether oxygens (including phenoxy) is 1. The van der Waals surface area contributed by atoms with Crippen LogP contribution in [0.5, 0.6) is 5.75 Å². The summed E-state index contributed by atoms with van der Waals surface area (Å²) >= 11 is 0. The van der Waals surface area contributed by atoms with Gasteiger partial charge in [-0.05, 0) is 49.4 Å². The molecule has 5 rings (SSSR count). The summed E-state index contributed by atoms with van der Waals surface area (Å²) in [4.78, 5) is 29.9. The minimum Gasteiger partial charge on any atom is -0.467 e. The van der Waals surface area contributed by atoms with Gasteiger partial charge in [0.25, 0.3) is 5.91 Å². The van der Waals surface area contributed by atoms with Crippen LogP contribution in [0, 0.1) is 5.82 Å². The van der Waals surface area contributed by atoms with Crippen LogP contribution < -0.4 is 9.64 Å². The lowest BCUT2D eigenvalue weighted by atomic mass is 9.88. The van der Waals surface area contributed by atoms with E-state index >= 15 is 0 Å². The smallest absolute Gasteiger partial charge is 0.335 e. The van der Waals surface area contributed by atoms with Crippen molar-refractivity contribution in [3.05, 3.63) is 95.8 Å². The number of carbonyl (C=O) groups excluding carboxylic acids is 2. The van der Waals surface area contributed by atoms with Gasteiger partial charge in [0.15, 0.2) is 5.72 Å². The van der Waals surface area contributed by atoms with Crippen molar-refractivity contribution in [1.29, 1.82) is 0 Å². The first kappa shape index (κ1) is 18.4. The number of imide groups is 1. The predicted octanol–water partition coefficient (Wildman–Crippen LogP) is 5.15. The van der Waals surface area contributed by atoms with E-state index in [9.17, 15) is 14.0 Å². The molecule has 0 spiro atoms. The van der Waals surface area contributed by atoms with Crippen LogP contribution in [0.15, 0.2) is 78.9 Å². The zero-order chi connectivity index (χ0) is 20.9. The number of urea groups is 1. The summed E-state index contributed by atoms with van der Waals surface area (Å²) in [5, 5.41) is 0. The van der Waals surface area contributed by atoms with Crippen molar-refractivity contribution in [2.24, 2.45) is 0 Å². The SMILES string of the molecule is C[C@@]12C[C@@H](c3ccccc3O1)N(C(=O)c1ccc(F)cc1)C(=O)N2c1ccccc1. The average Bonchev–Trinajstić information content (AvgIpc) is 2.74. The number of carbonyl (C=O) groups is 2. The predicted molar refractivity (Wildman–Crippen MR) is 110 cm³/mol. The van der Waals surface area contributed by atoms with Crippen molar-refractivity contribution in [3.63, 3.8) is 0 Å². The number of para-hydroxylation sites is 2. The molecular formula is C24H19FN2O3. The molecule has 6 heteroatoms. The van der Waals surface area contributed by atoms with Gasteiger partial charge in [0.2, 0.25) is 0 Å². The third-order valence-electron chi connectivity index (χ3n) is 5.69. The van der Waals surface area contributed by atoms with Gasteiger partial charge in [-0.3, -0.25) is 14.6 Å². The fourth-order valence-electron chi connectivity index (χ4n) is 4.33. The summed E-state index contributed by atoms with van der Waals surface area (Å²) in [6.07, 6.45) is 0.414. The first-order valence-corrected chi connectivity index (χ1v) is 9.74. The van der Waals surface area contributed by atoms with Crippen molar-refractivity contribution < 1.29 is 18.7 Å². The van der Waals surface area contributed by atoms with Crippen molar-refractivity contribution >= 4 is 17.6 Å². The van der Waals surface area contributed by atoms with E-state index in [1.807, 2.05) is 61.5 Å². The molecule has 0 N–H and O–H groups in total. The van der Waals surface area contributed by atoms with Crippen LogP contribution in [-0.4, -0.2) is 22.6 Å². The Balaban J connectivity index is 1.67. The lowest BCUT2D eigenvalue weighted by molar-refractivity contribution is 0.00268.